The maximum atomic E-state index is 4.05. The fraction of sp³-hybridized carbons (Fsp3) is 0. The maximum absolute atomic E-state index is 4.05. The van der Waals surface area contributed by atoms with Gasteiger partial charge in [0.2, 0.25) is 0 Å². The SMILES string of the molecule is c1cc2n(c1)cc1cnccn12. The van der Waals surface area contributed by atoms with E-state index < -0.39 is 0 Å². The summed E-state index contributed by atoms with van der Waals surface area (Å²) in [7, 11) is 0. The summed E-state index contributed by atoms with van der Waals surface area (Å²) in [4.78, 5) is 4.05. The van der Waals surface area contributed by atoms with E-state index in [2.05, 4.69) is 26.0 Å². The Hall–Kier alpha value is -1.77. The first-order chi connectivity index (χ1) is 5.95. The fourth-order valence-corrected chi connectivity index (χ4v) is 1.52. The minimum Gasteiger partial charge on any atom is -0.308 e. The monoisotopic (exact) mass is 157 g/mol. The molecular formula is C9H7N3. The van der Waals surface area contributed by atoms with Crippen molar-refractivity contribution in [3.05, 3.63) is 43.1 Å². The highest BCUT2D eigenvalue weighted by Crippen LogP contribution is 2.10. The first-order valence-corrected chi connectivity index (χ1v) is 3.83. The summed E-state index contributed by atoms with van der Waals surface area (Å²) >= 11 is 0. The smallest absolute Gasteiger partial charge is 0.121 e. The van der Waals surface area contributed by atoms with Gasteiger partial charge in [-0.15, -0.1) is 0 Å². The number of hydrogen-bond donors (Lipinski definition) is 0. The molecule has 3 rings (SSSR count). The normalized spacial score (nSPS) is 11.3. The van der Waals surface area contributed by atoms with Gasteiger partial charge in [-0.3, -0.25) is 9.38 Å². The highest BCUT2D eigenvalue weighted by atomic mass is 15.1. The Morgan fingerprint density at radius 2 is 2.25 bits per heavy atom. The van der Waals surface area contributed by atoms with E-state index in [0.29, 0.717) is 0 Å². The van der Waals surface area contributed by atoms with Gasteiger partial charge in [0.05, 0.1) is 11.7 Å². The Bertz CT molecular complexity index is 532. The van der Waals surface area contributed by atoms with Crippen LogP contribution >= 0.6 is 0 Å². The van der Waals surface area contributed by atoms with Gasteiger partial charge in [0, 0.05) is 24.8 Å². The first kappa shape index (κ1) is 5.83. The average Bonchev–Trinajstić information content (AvgIpc) is 2.62. The second-order valence-corrected chi connectivity index (χ2v) is 2.77. The summed E-state index contributed by atoms with van der Waals surface area (Å²) in [6.45, 7) is 0. The Labute approximate surface area is 68.9 Å². The van der Waals surface area contributed by atoms with Gasteiger partial charge in [0.15, 0.2) is 0 Å². The largest absolute Gasteiger partial charge is 0.308 e. The molecule has 0 spiro atoms. The van der Waals surface area contributed by atoms with E-state index in [4.69, 9.17) is 0 Å². The molecule has 0 aliphatic carbocycles. The van der Waals surface area contributed by atoms with Crippen molar-refractivity contribution >= 4 is 11.2 Å². The van der Waals surface area contributed by atoms with E-state index in [-0.39, 0.29) is 0 Å². The van der Waals surface area contributed by atoms with E-state index in [9.17, 15) is 0 Å². The predicted octanol–water partition coefficient (Wildman–Crippen LogP) is 1.59. The van der Waals surface area contributed by atoms with Crippen LogP contribution in [0.15, 0.2) is 43.1 Å². The summed E-state index contributed by atoms with van der Waals surface area (Å²) in [6.07, 6.45) is 9.70. The molecule has 0 N–H and O–H groups in total. The third-order valence-corrected chi connectivity index (χ3v) is 2.06. The first-order valence-electron chi connectivity index (χ1n) is 3.83. The van der Waals surface area contributed by atoms with Crippen molar-refractivity contribution in [2.45, 2.75) is 0 Å². The number of fused-ring (bicyclic) bond motifs is 3. The van der Waals surface area contributed by atoms with Gasteiger partial charge < -0.3 is 4.40 Å². The van der Waals surface area contributed by atoms with Crippen molar-refractivity contribution in [3.8, 4) is 0 Å². The van der Waals surface area contributed by atoms with Gasteiger partial charge in [-0.2, -0.15) is 0 Å². The second-order valence-electron chi connectivity index (χ2n) is 2.77. The van der Waals surface area contributed by atoms with Crippen molar-refractivity contribution in [1.82, 2.24) is 13.8 Å². The molecule has 0 amide bonds. The molecule has 0 fully saturated rings. The molecule has 0 aromatic carbocycles. The number of nitrogens with zero attached hydrogens (tertiary/aromatic N) is 3. The molecule has 0 bridgehead atoms. The molecule has 0 aliphatic rings. The van der Waals surface area contributed by atoms with Crippen LogP contribution in [0.4, 0.5) is 0 Å². The van der Waals surface area contributed by atoms with Crippen LogP contribution in [0.25, 0.3) is 11.2 Å². The summed E-state index contributed by atoms with van der Waals surface area (Å²) in [5.74, 6) is 0. The van der Waals surface area contributed by atoms with Gasteiger partial charge in [0.25, 0.3) is 0 Å². The molecule has 3 heteroatoms. The van der Waals surface area contributed by atoms with Gasteiger partial charge >= 0.3 is 0 Å². The molecule has 0 aliphatic heterocycles. The molecular weight excluding hydrogens is 150 g/mol. The molecule has 3 heterocycles. The molecule has 3 aromatic heterocycles. The molecule has 58 valence electrons. The highest BCUT2D eigenvalue weighted by molar-refractivity contribution is 5.56. The third-order valence-electron chi connectivity index (χ3n) is 2.06. The number of imidazole rings is 1. The quantitative estimate of drug-likeness (QED) is 0.485. The molecule has 3 aromatic rings. The van der Waals surface area contributed by atoms with Gasteiger partial charge in [-0.05, 0) is 12.1 Å². The van der Waals surface area contributed by atoms with Crippen LogP contribution in [-0.2, 0) is 0 Å². The number of aromatic nitrogens is 3. The Kier molecular flexibility index (Phi) is 0.913. The summed E-state index contributed by atoms with van der Waals surface area (Å²) < 4.78 is 4.18. The predicted molar refractivity (Wildman–Crippen MR) is 46.1 cm³/mol. The van der Waals surface area contributed by atoms with E-state index in [1.807, 2.05) is 24.7 Å². The van der Waals surface area contributed by atoms with Crippen molar-refractivity contribution in [1.29, 1.82) is 0 Å². The standard InChI is InChI=1S/C9H7N3/c1-2-9-11(4-1)7-8-6-10-3-5-12(8)9/h1-7H. The van der Waals surface area contributed by atoms with E-state index in [0.717, 1.165) is 5.52 Å². The lowest BCUT2D eigenvalue weighted by Crippen LogP contribution is -1.82. The molecule has 12 heavy (non-hydrogen) atoms. The van der Waals surface area contributed by atoms with Crippen LogP contribution in [0, 0.1) is 0 Å². The zero-order valence-corrected chi connectivity index (χ0v) is 6.38. The average molecular weight is 157 g/mol. The lowest BCUT2D eigenvalue weighted by Gasteiger charge is -1.89. The summed E-state index contributed by atoms with van der Waals surface area (Å²) in [5.41, 5.74) is 2.29. The lowest BCUT2D eigenvalue weighted by atomic mass is 10.5. The Morgan fingerprint density at radius 1 is 1.25 bits per heavy atom. The second kappa shape index (κ2) is 1.88. The zero-order valence-electron chi connectivity index (χ0n) is 6.38. The minimum atomic E-state index is 1.12. The van der Waals surface area contributed by atoms with Crippen LogP contribution in [-0.4, -0.2) is 13.8 Å². The van der Waals surface area contributed by atoms with Crippen molar-refractivity contribution in [3.63, 3.8) is 0 Å². The molecule has 0 unspecified atom stereocenters. The Morgan fingerprint density at radius 3 is 3.25 bits per heavy atom. The minimum absolute atomic E-state index is 1.12. The summed E-state index contributed by atoms with van der Waals surface area (Å²) in [5, 5.41) is 0. The van der Waals surface area contributed by atoms with E-state index in [1.165, 1.54) is 5.65 Å². The van der Waals surface area contributed by atoms with Crippen molar-refractivity contribution in [2.24, 2.45) is 0 Å². The van der Waals surface area contributed by atoms with Crippen LogP contribution < -0.4 is 0 Å². The van der Waals surface area contributed by atoms with Crippen LogP contribution in [0.2, 0.25) is 0 Å². The number of rotatable bonds is 0. The van der Waals surface area contributed by atoms with Crippen molar-refractivity contribution < 1.29 is 0 Å². The summed E-state index contributed by atoms with van der Waals surface area (Å²) in [6, 6.07) is 4.11. The van der Waals surface area contributed by atoms with Crippen LogP contribution in [0.5, 0.6) is 0 Å². The highest BCUT2D eigenvalue weighted by Gasteiger charge is 1.98. The van der Waals surface area contributed by atoms with Gasteiger partial charge in [-0.1, -0.05) is 0 Å². The Balaban J connectivity index is 2.68. The molecule has 0 radical (unpaired) electrons. The number of hydrogen-bond acceptors (Lipinski definition) is 1. The molecule has 0 saturated carbocycles. The van der Waals surface area contributed by atoms with Gasteiger partial charge in [-0.25, -0.2) is 0 Å². The van der Waals surface area contributed by atoms with Crippen LogP contribution in [0.3, 0.4) is 0 Å². The maximum Gasteiger partial charge on any atom is 0.121 e. The lowest BCUT2D eigenvalue weighted by molar-refractivity contribution is 1.15. The van der Waals surface area contributed by atoms with Gasteiger partial charge in [0.1, 0.15) is 5.65 Å². The zero-order chi connectivity index (χ0) is 7.97. The van der Waals surface area contributed by atoms with E-state index >= 15 is 0 Å². The van der Waals surface area contributed by atoms with Crippen LogP contribution in [0.1, 0.15) is 0 Å². The third kappa shape index (κ3) is 0.580. The van der Waals surface area contributed by atoms with E-state index in [1.54, 1.807) is 6.20 Å². The molecule has 0 saturated heterocycles. The van der Waals surface area contributed by atoms with Crippen molar-refractivity contribution in [2.75, 3.05) is 0 Å². The topological polar surface area (TPSA) is 21.7 Å². The molecule has 3 nitrogen and oxygen atoms in total. The fourth-order valence-electron chi connectivity index (χ4n) is 1.52. The molecule has 0 atom stereocenters.